The van der Waals surface area contributed by atoms with Crippen molar-refractivity contribution in [2.75, 3.05) is 11.1 Å². The highest BCUT2D eigenvalue weighted by atomic mass is 32.2. The van der Waals surface area contributed by atoms with Gasteiger partial charge in [-0.05, 0) is 55.2 Å². The van der Waals surface area contributed by atoms with Gasteiger partial charge >= 0.3 is 0 Å². The normalized spacial score (nSPS) is 15.1. The van der Waals surface area contributed by atoms with Crippen molar-refractivity contribution in [1.82, 2.24) is 5.32 Å². The molecule has 0 aromatic heterocycles. The molecule has 7 heteroatoms. The molecule has 37 heavy (non-hydrogen) atoms. The number of ether oxygens (including phenoxy) is 1. The van der Waals surface area contributed by atoms with Crippen LogP contribution in [0.2, 0.25) is 0 Å². The van der Waals surface area contributed by atoms with Crippen molar-refractivity contribution in [3.63, 3.8) is 0 Å². The summed E-state index contributed by atoms with van der Waals surface area (Å²) in [6.45, 7) is 6.40. The van der Waals surface area contributed by atoms with Crippen molar-refractivity contribution in [3.8, 4) is 11.8 Å². The number of benzene rings is 3. The van der Waals surface area contributed by atoms with E-state index in [-0.39, 0.29) is 29.9 Å². The summed E-state index contributed by atoms with van der Waals surface area (Å²) in [7, 11) is 0. The lowest BCUT2D eigenvalue weighted by Crippen LogP contribution is -2.31. The van der Waals surface area contributed by atoms with Crippen LogP contribution in [-0.4, -0.2) is 17.6 Å². The summed E-state index contributed by atoms with van der Waals surface area (Å²) < 4.78 is 5.86. The molecule has 0 radical (unpaired) electrons. The number of anilines is 1. The maximum Gasteiger partial charge on any atom is 0.234 e. The Bertz CT molecular complexity index is 1350. The van der Waals surface area contributed by atoms with Gasteiger partial charge in [-0.2, -0.15) is 5.26 Å². The number of hydrogen-bond acceptors (Lipinski definition) is 5. The molecule has 4 rings (SSSR count). The van der Waals surface area contributed by atoms with Gasteiger partial charge < -0.3 is 15.4 Å². The van der Waals surface area contributed by atoms with E-state index in [0.717, 1.165) is 33.5 Å². The topological polar surface area (TPSA) is 91.2 Å². The van der Waals surface area contributed by atoms with E-state index < -0.39 is 0 Å². The fraction of sp³-hybridized carbons (Fsp3) is 0.233. The van der Waals surface area contributed by atoms with Crippen LogP contribution in [0.15, 0.2) is 77.3 Å². The first-order valence-electron chi connectivity index (χ1n) is 12.1. The van der Waals surface area contributed by atoms with Crippen LogP contribution in [0.1, 0.15) is 40.2 Å². The van der Waals surface area contributed by atoms with Gasteiger partial charge in [-0.1, -0.05) is 71.9 Å². The fourth-order valence-corrected chi connectivity index (χ4v) is 5.32. The first kappa shape index (κ1) is 26.1. The molecule has 1 heterocycles. The van der Waals surface area contributed by atoms with E-state index in [0.29, 0.717) is 23.0 Å². The average Bonchev–Trinajstić information content (AvgIpc) is 2.89. The molecule has 1 aliphatic rings. The van der Waals surface area contributed by atoms with Gasteiger partial charge in [-0.15, -0.1) is 0 Å². The monoisotopic (exact) mass is 511 g/mol. The molecule has 3 aromatic rings. The molecule has 0 spiro atoms. The first-order valence-corrected chi connectivity index (χ1v) is 13.0. The summed E-state index contributed by atoms with van der Waals surface area (Å²) >= 11 is 1.17. The quantitative estimate of drug-likeness (QED) is 0.393. The lowest BCUT2D eigenvalue weighted by Gasteiger charge is -2.25. The molecule has 1 atom stereocenters. The van der Waals surface area contributed by atoms with Crippen molar-refractivity contribution in [3.05, 3.63) is 105 Å². The predicted octanol–water partition coefficient (Wildman–Crippen LogP) is 5.90. The van der Waals surface area contributed by atoms with Gasteiger partial charge in [0.15, 0.2) is 0 Å². The molecule has 0 bridgehead atoms. The van der Waals surface area contributed by atoms with Gasteiger partial charge in [0, 0.05) is 18.0 Å². The minimum Gasteiger partial charge on any atom is -0.489 e. The van der Waals surface area contributed by atoms with Gasteiger partial charge in [0.25, 0.3) is 0 Å². The molecular weight excluding hydrogens is 482 g/mol. The van der Waals surface area contributed by atoms with Crippen LogP contribution in [0.3, 0.4) is 0 Å². The third-order valence-electron chi connectivity index (χ3n) is 6.18. The Morgan fingerprint density at radius 3 is 2.41 bits per heavy atom. The third kappa shape index (κ3) is 6.60. The average molecular weight is 512 g/mol. The van der Waals surface area contributed by atoms with Crippen molar-refractivity contribution >= 4 is 29.3 Å². The van der Waals surface area contributed by atoms with Gasteiger partial charge in [0.05, 0.1) is 22.4 Å². The molecule has 0 saturated carbocycles. The van der Waals surface area contributed by atoms with E-state index >= 15 is 0 Å². The van der Waals surface area contributed by atoms with Crippen LogP contribution in [0.4, 0.5) is 5.69 Å². The van der Waals surface area contributed by atoms with E-state index in [1.165, 1.54) is 11.8 Å². The Labute approximate surface area is 221 Å². The second kappa shape index (κ2) is 11.8. The summed E-state index contributed by atoms with van der Waals surface area (Å²) in [5.74, 6) is 0.0343. The number of rotatable bonds is 8. The highest BCUT2D eigenvalue weighted by molar-refractivity contribution is 8.03. The molecule has 6 nitrogen and oxygen atoms in total. The van der Waals surface area contributed by atoms with E-state index in [1.54, 1.807) is 0 Å². The molecule has 0 aliphatic carbocycles. The Morgan fingerprint density at radius 2 is 1.76 bits per heavy atom. The lowest BCUT2D eigenvalue weighted by molar-refractivity contribution is -0.121. The molecule has 3 aromatic carbocycles. The van der Waals surface area contributed by atoms with E-state index in [9.17, 15) is 14.9 Å². The van der Waals surface area contributed by atoms with Crippen LogP contribution >= 0.6 is 11.8 Å². The highest BCUT2D eigenvalue weighted by Gasteiger charge is 2.30. The number of hydrogen-bond donors (Lipinski definition) is 2. The highest BCUT2D eigenvalue weighted by Crippen LogP contribution is 2.36. The fourth-order valence-electron chi connectivity index (χ4n) is 4.45. The molecule has 0 unspecified atom stereocenters. The van der Waals surface area contributed by atoms with Crippen molar-refractivity contribution in [2.45, 2.75) is 39.7 Å². The van der Waals surface area contributed by atoms with E-state index in [2.05, 4.69) is 16.7 Å². The molecule has 1 aliphatic heterocycles. The number of aryl methyl sites for hydroxylation is 3. The number of carbonyl (C=O) groups is 2. The number of allylic oxidation sites excluding steroid dienone is 1. The zero-order valence-electron chi connectivity index (χ0n) is 21.1. The molecule has 0 saturated heterocycles. The van der Waals surface area contributed by atoms with Gasteiger partial charge in [-0.25, -0.2) is 0 Å². The minimum absolute atomic E-state index is 0.0759. The summed E-state index contributed by atoms with van der Waals surface area (Å²) in [5, 5.41) is 16.1. The molecular formula is C30H29N3O3S. The SMILES string of the molecule is Cc1cc(C)c(NC(=O)CSC2=C(C#N)[C@H](c3ccc(OCc4ccccc4)cc3)CC(=O)N2)c(C)c1. The van der Waals surface area contributed by atoms with Crippen LogP contribution in [0.5, 0.6) is 5.75 Å². The molecule has 0 fully saturated rings. The number of nitrogens with zero attached hydrogens (tertiary/aromatic N) is 1. The summed E-state index contributed by atoms with van der Waals surface area (Å²) in [4.78, 5) is 25.2. The van der Waals surface area contributed by atoms with E-state index in [4.69, 9.17) is 4.74 Å². The standard InChI is InChI=1S/C30H29N3O3S/c1-19-13-20(2)29(21(3)14-19)32-28(35)18-37-30-26(16-31)25(15-27(34)33-30)23-9-11-24(12-10-23)36-17-22-7-5-4-6-8-22/h4-14,25H,15,17-18H2,1-3H3,(H,32,35)(H,33,34)/t25-/m0/s1. The summed E-state index contributed by atoms with van der Waals surface area (Å²) in [6, 6.07) is 23.7. The van der Waals surface area contributed by atoms with Crippen LogP contribution in [0, 0.1) is 32.1 Å². The zero-order valence-corrected chi connectivity index (χ0v) is 21.9. The van der Waals surface area contributed by atoms with Crippen LogP contribution in [-0.2, 0) is 16.2 Å². The van der Waals surface area contributed by atoms with E-state index in [1.807, 2.05) is 87.5 Å². The Morgan fingerprint density at radius 1 is 1.08 bits per heavy atom. The predicted molar refractivity (Wildman–Crippen MR) is 147 cm³/mol. The summed E-state index contributed by atoms with van der Waals surface area (Å²) in [5.41, 5.74) is 6.31. The lowest BCUT2D eigenvalue weighted by atomic mass is 9.87. The number of nitrogens with one attached hydrogen (secondary N) is 2. The Balaban J connectivity index is 1.44. The molecule has 188 valence electrons. The minimum atomic E-state index is -0.380. The largest absolute Gasteiger partial charge is 0.489 e. The molecule has 2 N–H and O–H groups in total. The van der Waals surface area contributed by atoms with Crippen LogP contribution in [0.25, 0.3) is 0 Å². The Kier molecular flexibility index (Phi) is 8.32. The number of carbonyl (C=O) groups excluding carboxylic acids is 2. The van der Waals surface area contributed by atoms with Crippen molar-refractivity contribution < 1.29 is 14.3 Å². The number of thioether (sulfide) groups is 1. The first-order chi connectivity index (χ1) is 17.8. The second-order valence-electron chi connectivity index (χ2n) is 9.11. The second-order valence-corrected chi connectivity index (χ2v) is 10.1. The number of nitriles is 1. The smallest absolute Gasteiger partial charge is 0.234 e. The maximum atomic E-state index is 12.7. The van der Waals surface area contributed by atoms with Crippen molar-refractivity contribution in [2.24, 2.45) is 0 Å². The van der Waals surface area contributed by atoms with Crippen molar-refractivity contribution in [1.29, 1.82) is 5.26 Å². The number of amides is 2. The zero-order chi connectivity index (χ0) is 26.4. The third-order valence-corrected chi connectivity index (χ3v) is 7.19. The summed E-state index contributed by atoms with van der Waals surface area (Å²) in [6.07, 6.45) is 0.172. The maximum absolute atomic E-state index is 12.7. The Hall–Kier alpha value is -4.02. The van der Waals surface area contributed by atoms with Gasteiger partial charge in [-0.3, -0.25) is 9.59 Å². The van der Waals surface area contributed by atoms with Gasteiger partial charge in [0.1, 0.15) is 12.4 Å². The van der Waals surface area contributed by atoms with Gasteiger partial charge in [0.2, 0.25) is 11.8 Å². The van der Waals surface area contributed by atoms with Crippen LogP contribution < -0.4 is 15.4 Å². The molecule has 2 amide bonds.